The molecule has 0 amide bonds. The van der Waals surface area contributed by atoms with Crippen molar-refractivity contribution in [1.82, 2.24) is 0 Å². The molecule has 1 atom stereocenters. The summed E-state index contributed by atoms with van der Waals surface area (Å²) in [5, 5.41) is 18.9. The Morgan fingerprint density at radius 1 is 1.43 bits per heavy atom. The molecule has 1 rings (SSSR count). The highest BCUT2D eigenvalue weighted by Gasteiger charge is 2.09. The first kappa shape index (κ1) is 10.9. The third kappa shape index (κ3) is 2.64. The summed E-state index contributed by atoms with van der Waals surface area (Å²) in [5.74, 6) is 0.612. The molecule has 0 aliphatic rings. The Bertz CT molecular complexity index is 295. The van der Waals surface area contributed by atoms with Crippen molar-refractivity contribution < 1.29 is 14.9 Å². The minimum absolute atomic E-state index is 0.134. The van der Waals surface area contributed by atoms with Gasteiger partial charge >= 0.3 is 0 Å². The average Bonchev–Trinajstić information content (AvgIpc) is 2.11. The second kappa shape index (κ2) is 4.86. The summed E-state index contributed by atoms with van der Waals surface area (Å²) in [4.78, 5) is 0. The van der Waals surface area contributed by atoms with Gasteiger partial charge in [-0.2, -0.15) is 0 Å². The zero-order valence-corrected chi connectivity index (χ0v) is 8.53. The van der Waals surface area contributed by atoms with E-state index in [1.54, 1.807) is 19.1 Å². The van der Waals surface area contributed by atoms with E-state index in [1.807, 2.05) is 13.0 Å². The molecule has 2 N–H and O–H groups in total. The van der Waals surface area contributed by atoms with E-state index in [1.165, 1.54) is 0 Å². The second-order valence-corrected chi connectivity index (χ2v) is 3.25. The number of aliphatic hydroxyl groups is 1. The zero-order chi connectivity index (χ0) is 10.6. The molecule has 0 saturated carbocycles. The van der Waals surface area contributed by atoms with Gasteiger partial charge in [0.1, 0.15) is 0 Å². The molecule has 0 radical (unpaired) electrons. The number of ether oxygens (including phenoxy) is 1. The van der Waals surface area contributed by atoms with Gasteiger partial charge in [0, 0.05) is 12.0 Å². The van der Waals surface area contributed by atoms with Crippen molar-refractivity contribution in [2.75, 3.05) is 6.61 Å². The van der Waals surface area contributed by atoms with Crippen molar-refractivity contribution in [3.63, 3.8) is 0 Å². The lowest BCUT2D eigenvalue weighted by molar-refractivity contribution is 0.194. The molecule has 0 spiro atoms. The average molecular weight is 196 g/mol. The van der Waals surface area contributed by atoms with Crippen LogP contribution in [0.3, 0.4) is 0 Å². The maximum absolute atomic E-state index is 9.73. The maximum atomic E-state index is 9.73. The van der Waals surface area contributed by atoms with Gasteiger partial charge in [-0.15, -0.1) is 0 Å². The monoisotopic (exact) mass is 196 g/mol. The molecule has 0 saturated heterocycles. The third-order valence-corrected chi connectivity index (χ3v) is 1.90. The fourth-order valence-electron chi connectivity index (χ4n) is 1.32. The lowest BCUT2D eigenvalue weighted by Crippen LogP contribution is -2.04. The predicted molar refractivity (Wildman–Crippen MR) is 54.7 cm³/mol. The second-order valence-electron chi connectivity index (χ2n) is 3.25. The Balaban J connectivity index is 2.89. The van der Waals surface area contributed by atoms with Gasteiger partial charge in [-0.05, 0) is 19.9 Å². The van der Waals surface area contributed by atoms with Crippen LogP contribution in [0.25, 0.3) is 0 Å². The summed E-state index contributed by atoms with van der Waals surface area (Å²) in [7, 11) is 0. The lowest BCUT2D eigenvalue weighted by Gasteiger charge is -2.10. The predicted octanol–water partition coefficient (Wildman–Crippen LogP) is 1.71. The summed E-state index contributed by atoms with van der Waals surface area (Å²) in [6.45, 7) is 4.07. The van der Waals surface area contributed by atoms with Crippen LogP contribution in [0, 0.1) is 0 Å². The van der Waals surface area contributed by atoms with Crippen molar-refractivity contribution in [2.24, 2.45) is 0 Å². The molecule has 3 heteroatoms. The van der Waals surface area contributed by atoms with Crippen molar-refractivity contribution >= 4 is 0 Å². The number of phenolic OH excluding ortho intramolecular Hbond substituents is 1. The maximum Gasteiger partial charge on any atom is 0.161 e. The molecule has 1 unspecified atom stereocenters. The molecule has 0 heterocycles. The topological polar surface area (TPSA) is 49.7 Å². The molecule has 14 heavy (non-hydrogen) atoms. The van der Waals surface area contributed by atoms with Gasteiger partial charge in [-0.1, -0.05) is 12.1 Å². The first-order valence-electron chi connectivity index (χ1n) is 4.76. The summed E-state index contributed by atoms with van der Waals surface area (Å²) < 4.78 is 5.23. The standard InChI is InChI=1S/C11H16O3/c1-3-14-10-6-4-5-9(11(10)13)7-8(2)12/h4-6,8,12-13H,3,7H2,1-2H3. The Hall–Kier alpha value is -1.22. The summed E-state index contributed by atoms with van der Waals surface area (Å²) in [6.07, 6.45) is -0.0231. The van der Waals surface area contributed by atoms with E-state index in [4.69, 9.17) is 4.74 Å². The van der Waals surface area contributed by atoms with Crippen molar-refractivity contribution in [1.29, 1.82) is 0 Å². The SMILES string of the molecule is CCOc1cccc(CC(C)O)c1O. The van der Waals surface area contributed by atoms with Gasteiger partial charge in [0.15, 0.2) is 11.5 Å². The van der Waals surface area contributed by atoms with Crippen LogP contribution in [-0.4, -0.2) is 22.9 Å². The number of para-hydroxylation sites is 1. The van der Waals surface area contributed by atoms with Crippen LogP contribution in [-0.2, 0) is 6.42 Å². The normalized spacial score (nSPS) is 12.5. The van der Waals surface area contributed by atoms with Crippen molar-refractivity contribution in [3.05, 3.63) is 23.8 Å². The molecule has 0 aliphatic heterocycles. The molecular formula is C11H16O3. The summed E-state index contributed by atoms with van der Waals surface area (Å²) in [6, 6.07) is 5.30. The van der Waals surface area contributed by atoms with Gasteiger partial charge in [0.2, 0.25) is 0 Å². The van der Waals surface area contributed by atoms with Gasteiger partial charge in [-0.25, -0.2) is 0 Å². The van der Waals surface area contributed by atoms with E-state index >= 15 is 0 Å². The lowest BCUT2D eigenvalue weighted by atomic mass is 10.1. The van der Waals surface area contributed by atoms with Gasteiger partial charge in [0.05, 0.1) is 12.7 Å². The van der Waals surface area contributed by atoms with Gasteiger partial charge < -0.3 is 14.9 Å². The van der Waals surface area contributed by atoms with E-state index in [9.17, 15) is 10.2 Å². The number of rotatable bonds is 4. The van der Waals surface area contributed by atoms with Crippen molar-refractivity contribution in [3.8, 4) is 11.5 Å². The highest BCUT2D eigenvalue weighted by atomic mass is 16.5. The van der Waals surface area contributed by atoms with E-state index in [0.717, 1.165) is 0 Å². The highest BCUT2D eigenvalue weighted by molar-refractivity contribution is 5.45. The summed E-state index contributed by atoms with van der Waals surface area (Å²) >= 11 is 0. The Kier molecular flexibility index (Phi) is 3.77. The molecule has 78 valence electrons. The Morgan fingerprint density at radius 3 is 2.71 bits per heavy atom. The third-order valence-electron chi connectivity index (χ3n) is 1.90. The number of benzene rings is 1. The molecule has 1 aromatic rings. The van der Waals surface area contributed by atoms with E-state index in [-0.39, 0.29) is 5.75 Å². The smallest absolute Gasteiger partial charge is 0.161 e. The number of hydrogen-bond donors (Lipinski definition) is 2. The van der Waals surface area contributed by atoms with Crippen LogP contribution >= 0.6 is 0 Å². The van der Waals surface area contributed by atoms with Crippen LogP contribution in [0.4, 0.5) is 0 Å². The number of aliphatic hydroxyl groups excluding tert-OH is 1. The Labute approximate surface area is 84.0 Å². The van der Waals surface area contributed by atoms with Crippen LogP contribution < -0.4 is 4.74 Å². The minimum atomic E-state index is -0.460. The first-order valence-corrected chi connectivity index (χ1v) is 4.76. The molecule has 0 aromatic heterocycles. The summed E-state index contributed by atoms with van der Waals surface area (Å²) in [5.41, 5.74) is 0.714. The van der Waals surface area contributed by atoms with Crippen LogP contribution in [0.1, 0.15) is 19.4 Å². The first-order chi connectivity index (χ1) is 6.65. The minimum Gasteiger partial charge on any atom is -0.504 e. The molecular weight excluding hydrogens is 180 g/mol. The fraction of sp³-hybridized carbons (Fsp3) is 0.455. The van der Waals surface area contributed by atoms with E-state index in [2.05, 4.69) is 0 Å². The highest BCUT2D eigenvalue weighted by Crippen LogP contribution is 2.30. The quantitative estimate of drug-likeness (QED) is 0.770. The van der Waals surface area contributed by atoms with E-state index < -0.39 is 6.10 Å². The fourth-order valence-corrected chi connectivity index (χ4v) is 1.32. The molecule has 0 fully saturated rings. The molecule has 0 bridgehead atoms. The zero-order valence-electron chi connectivity index (χ0n) is 8.53. The van der Waals surface area contributed by atoms with E-state index in [0.29, 0.717) is 24.3 Å². The van der Waals surface area contributed by atoms with Crippen LogP contribution in [0.5, 0.6) is 11.5 Å². The van der Waals surface area contributed by atoms with Crippen LogP contribution in [0.15, 0.2) is 18.2 Å². The molecule has 1 aromatic carbocycles. The van der Waals surface area contributed by atoms with Crippen molar-refractivity contribution in [2.45, 2.75) is 26.4 Å². The number of aromatic hydroxyl groups is 1. The van der Waals surface area contributed by atoms with Crippen LogP contribution in [0.2, 0.25) is 0 Å². The van der Waals surface area contributed by atoms with Gasteiger partial charge in [-0.3, -0.25) is 0 Å². The largest absolute Gasteiger partial charge is 0.504 e. The Morgan fingerprint density at radius 2 is 2.14 bits per heavy atom. The van der Waals surface area contributed by atoms with Gasteiger partial charge in [0.25, 0.3) is 0 Å². The molecule has 3 nitrogen and oxygen atoms in total. The number of hydrogen-bond acceptors (Lipinski definition) is 3. The molecule has 0 aliphatic carbocycles. The number of phenols is 1.